The smallest absolute Gasteiger partial charge is 0.182 e. The maximum atomic E-state index is 5.88. The maximum Gasteiger partial charge on any atom is 0.182 e. The second-order valence-corrected chi connectivity index (χ2v) is 6.13. The van der Waals surface area contributed by atoms with Crippen LogP contribution in [0.15, 0.2) is 36.9 Å². The lowest BCUT2D eigenvalue weighted by molar-refractivity contribution is 0.196. The molecule has 1 aromatic carbocycles. The van der Waals surface area contributed by atoms with Crippen molar-refractivity contribution < 1.29 is 9.47 Å². The summed E-state index contributed by atoms with van der Waals surface area (Å²) >= 11 is 0. The monoisotopic (exact) mass is 354 g/mol. The van der Waals surface area contributed by atoms with Gasteiger partial charge in [-0.2, -0.15) is 0 Å². The van der Waals surface area contributed by atoms with Gasteiger partial charge in [-0.25, -0.2) is 15.0 Å². The van der Waals surface area contributed by atoms with E-state index in [9.17, 15) is 0 Å². The van der Waals surface area contributed by atoms with Crippen LogP contribution in [0.2, 0.25) is 0 Å². The van der Waals surface area contributed by atoms with Crippen molar-refractivity contribution in [1.29, 1.82) is 0 Å². The van der Waals surface area contributed by atoms with Crippen molar-refractivity contribution in [3.8, 4) is 11.5 Å². The Kier molecular flexibility index (Phi) is 4.83. The molecule has 2 aromatic heterocycles. The maximum absolute atomic E-state index is 5.88. The highest BCUT2D eigenvalue weighted by Crippen LogP contribution is 2.25. The highest BCUT2D eigenvalue weighted by atomic mass is 16.5. The molecule has 3 aromatic rings. The largest absolute Gasteiger partial charge is 0.493 e. The highest BCUT2D eigenvalue weighted by molar-refractivity contribution is 5.82. The van der Waals surface area contributed by atoms with Crippen LogP contribution in [0.25, 0.3) is 11.2 Å². The van der Waals surface area contributed by atoms with Crippen molar-refractivity contribution in [3.63, 3.8) is 0 Å². The van der Waals surface area contributed by atoms with E-state index in [0.29, 0.717) is 12.3 Å². The molecule has 1 fully saturated rings. The van der Waals surface area contributed by atoms with E-state index in [4.69, 9.17) is 9.47 Å². The summed E-state index contributed by atoms with van der Waals surface area (Å²) in [7, 11) is 1.66. The number of hydrogen-bond donors (Lipinski definition) is 1. The Bertz CT molecular complexity index is 860. The number of imidazole rings is 1. The minimum Gasteiger partial charge on any atom is -0.493 e. The zero-order valence-electron chi connectivity index (χ0n) is 14.8. The quantitative estimate of drug-likeness (QED) is 0.720. The van der Waals surface area contributed by atoms with Crippen LogP contribution in [-0.2, 0) is 0 Å². The molecule has 1 aliphatic heterocycles. The van der Waals surface area contributed by atoms with Gasteiger partial charge in [0.2, 0.25) is 0 Å². The second-order valence-electron chi connectivity index (χ2n) is 6.13. The first-order valence-electron chi connectivity index (χ1n) is 8.72. The number of aromatic nitrogens is 4. The van der Waals surface area contributed by atoms with Gasteiger partial charge in [0.1, 0.15) is 18.5 Å². The number of ether oxygens (including phenoxy) is 2. The fraction of sp³-hybridized carbons (Fsp3) is 0.389. The van der Waals surface area contributed by atoms with E-state index in [1.54, 1.807) is 19.8 Å². The molecule has 1 N–H and O–H groups in total. The molecule has 0 aliphatic carbocycles. The molecule has 0 saturated carbocycles. The van der Waals surface area contributed by atoms with Gasteiger partial charge < -0.3 is 19.4 Å². The second kappa shape index (κ2) is 7.57. The first kappa shape index (κ1) is 16.6. The normalized spacial score (nSPS) is 15.3. The molecule has 0 unspecified atom stereocenters. The molecule has 8 nitrogen and oxygen atoms in total. The number of benzene rings is 1. The Labute approximate surface area is 151 Å². The highest BCUT2D eigenvalue weighted by Gasteiger charge is 2.20. The minimum atomic E-state index is 0.638. The number of fused-ring (bicyclic) bond motifs is 1. The topological polar surface area (TPSA) is 79.4 Å². The van der Waals surface area contributed by atoms with Crippen LogP contribution in [0, 0.1) is 0 Å². The SMILES string of the molecule is COc1ccccc1OCCN1CCN(c2ncnc3nc[nH]c23)CC1. The van der Waals surface area contributed by atoms with E-state index in [-0.39, 0.29) is 0 Å². The number of nitrogens with one attached hydrogen (secondary N) is 1. The number of anilines is 1. The third-order valence-electron chi connectivity index (χ3n) is 4.61. The van der Waals surface area contributed by atoms with Crippen molar-refractivity contribution in [2.45, 2.75) is 0 Å². The minimum absolute atomic E-state index is 0.638. The number of nitrogens with zero attached hydrogens (tertiary/aromatic N) is 5. The average molecular weight is 354 g/mol. The van der Waals surface area contributed by atoms with Gasteiger partial charge in [-0.1, -0.05) is 12.1 Å². The van der Waals surface area contributed by atoms with Crippen molar-refractivity contribution in [1.82, 2.24) is 24.8 Å². The molecule has 0 atom stereocenters. The molecule has 0 radical (unpaired) electrons. The van der Waals surface area contributed by atoms with Crippen LogP contribution in [0.5, 0.6) is 11.5 Å². The van der Waals surface area contributed by atoms with Crippen LogP contribution in [-0.4, -0.2) is 71.3 Å². The summed E-state index contributed by atoms with van der Waals surface area (Å²) in [6.45, 7) is 5.29. The third-order valence-corrected chi connectivity index (χ3v) is 4.61. The Hall–Kier alpha value is -2.87. The summed E-state index contributed by atoms with van der Waals surface area (Å²) in [5, 5.41) is 0. The van der Waals surface area contributed by atoms with Crippen molar-refractivity contribution in [2.24, 2.45) is 0 Å². The Morgan fingerprint density at radius 1 is 1.04 bits per heavy atom. The van der Waals surface area contributed by atoms with E-state index >= 15 is 0 Å². The lowest BCUT2D eigenvalue weighted by atomic mass is 10.3. The summed E-state index contributed by atoms with van der Waals surface area (Å²) in [5.74, 6) is 2.48. The average Bonchev–Trinajstić information content (AvgIpc) is 3.18. The van der Waals surface area contributed by atoms with E-state index < -0.39 is 0 Å². The number of H-pyrrole nitrogens is 1. The molecule has 26 heavy (non-hydrogen) atoms. The van der Waals surface area contributed by atoms with Gasteiger partial charge in [-0.15, -0.1) is 0 Å². The fourth-order valence-electron chi connectivity index (χ4n) is 3.20. The number of rotatable bonds is 6. The van der Waals surface area contributed by atoms with Gasteiger partial charge in [-0.3, -0.25) is 4.90 Å². The summed E-state index contributed by atoms with van der Waals surface area (Å²) in [4.78, 5) is 20.6. The van der Waals surface area contributed by atoms with Crippen LogP contribution in [0.3, 0.4) is 0 Å². The molecule has 0 spiro atoms. The predicted octanol–water partition coefficient (Wildman–Crippen LogP) is 1.56. The van der Waals surface area contributed by atoms with Crippen LogP contribution >= 0.6 is 0 Å². The number of aromatic amines is 1. The standard InChI is InChI=1S/C18H22N6O2/c1-25-14-4-2-3-5-15(14)26-11-10-23-6-8-24(9-7-23)18-16-17(20-12-19-16)21-13-22-18/h2-5,12-13H,6-11H2,1H3,(H,19,20,21,22). The van der Waals surface area contributed by atoms with Gasteiger partial charge in [0, 0.05) is 32.7 Å². The van der Waals surface area contributed by atoms with E-state index in [0.717, 1.165) is 55.6 Å². The first-order valence-corrected chi connectivity index (χ1v) is 8.72. The third kappa shape index (κ3) is 3.41. The van der Waals surface area contributed by atoms with E-state index in [1.165, 1.54) is 0 Å². The molecule has 0 bridgehead atoms. The summed E-state index contributed by atoms with van der Waals surface area (Å²) in [5.41, 5.74) is 1.61. The summed E-state index contributed by atoms with van der Waals surface area (Å²) in [6, 6.07) is 7.73. The summed E-state index contributed by atoms with van der Waals surface area (Å²) < 4.78 is 11.2. The Morgan fingerprint density at radius 2 is 1.85 bits per heavy atom. The Morgan fingerprint density at radius 3 is 2.65 bits per heavy atom. The fourth-order valence-corrected chi connectivity index (χ4v) is 3.20. The molecule has 1 saturated heterocycles. The zero-order valence-corrected chi connectivity index (χ0v) is 14.8. The molecular weight excluding hydrogens is 332 g/mol. The van der Waals surface area contributed by atoms with Crippen molar-refractivity contribution in [2.75, 3.05) is 51.3 Å². The summed E-state index contributed by atoms with van der Waals surface area (Å²) in [6.07, 6.45) is 3.24. The Balaban J connectivity index is 1.29. The lowest BCUT2D eigenvalue weighted by Crippen LogP contribution is -2.47. The van der Waals surface area contributed by atoms with Gasteiger partial charge in [0.15, 0.2) is 23.0 Å². The van der Waals surface area contributed by atoms with E-state index in [2.05, 4.69) is 29.7 Å². The molecule has 3 heterocycles. The number of methoxy groups -OCH3 is 1. The van der Waals surface area contributed by atoms with Gasteiger partial charge in [0.05, 0.1) is 13.4 Å². The van der Waals surface area contributed by atoms with Crippen LogP contribution < -0.4 is 14.4 Å². The molecule has 1 aliphatic rings. The van der Waals surface area contributed by atoms with Gasteiger partial charge in [-0.05, 0) is 12.1 Å². The molecule has 8 heteroatoms. The molecule has 136 valence electrons. The number of hydrogen-bond acceptors (Lipinski definition) is 7. The van der Waals surface area contributed by atoms with Gasteiger partial charge in [0.25, 0.3) is 0 Å². The molecular formula is C18H22N6O2. The van der Waals surface area contributed by atoms with Crippen LogP contribution in [0.4, 0.5) is 5.82 Å². The van der Waals surface area contributed by atoms with E-state index in [1.807, 2.05) is 24.3 Å². The van der Waals surface area contributed by atoms with Gasteiger partial charge >= 0.3 is 0 Å². The lowest BCUT2D eigenvalue weighted by Gasteiger charge is -2.35. The molecule has 0 amide bonds. The number of para-hydroxylation sites is 2. The van der Waals surface area contributed by atoms with Crippen LogP contribution in [0.1, 0.15) is 0 Å². The predicted molar refractivity (Wildman–Crippen MR) is 98.8 cm³/mol. The van der Waals surface area contributed by atoms with Crippen molar-refractivity contribution >= 4 is 17.0 Å². The first-order chi connectivity index (χ1) is 12.8. The zero-order chi connectivity index (χ0) is 17.8. The van der Waals surface area contributed by atoms with Crippen molar-refractivity contribution in [3.05, 3.63) is 36.9 Å². The molecule has 4 rings (SSSR count). The number of piperazine rings is 1.